The van der Waals surface area contributed by atoms with Crippen molar-refractivity contribution in [3.05, 3.63) is 58.5 Å². The largest absolute Gasteiger partial charge is 0.417 e. The van der Waals surface area contributed by atoms with Crippen LogP contribution in [0.1, 0.15) is 30.9 Å². The third kappa shape index (κ3) is 4.56. The van der Waals surface area contributed by atoms with Gasteiger partial charge < -0.3 is 13.8 Å². The molecule has 33 heavy (non-hydrogen) atoms. The van der Waals surface area contributed by atoms with E-state index in [2.05, 4.69) is 19.8 Å². The van der Waals surface area contributed by atoms with Crippen LogP contribution in [-0.2, 0) is 10.0 Å². The average Bonchev–Trinajstić information content (AvgIpc) is 3.38. The molecule has 9 nitrogen and oxygen atoms in total. The fourth-order valence-corrected chi connectivity index (χ4v) is 5.43. The van der Waals surface area contributed by atoms with Crippen molar-refractivity contribution in [3.63, 3.8) is 0 Å². The van der Waals surface area contributed by atoms with Crippen molar-refractivity contribution in [1.82, 2.24) is 19.8 Å². The molecule has 0 aliphatic carbocycles. The van der Waals surface area contributed by atoms with Gasteiger partial charge in [-0.05, 0) is 63.2 Å². The summed E-state index contributed by atoms with van der Waals surface area (Å²) in [5.41, 5.74) is 2.01. The number of oxazole rings is 1. The summed E-state index contributed by atoms with van der Waals surface area (Å²) in [7, 11) is -3.70. The van der Waals surface area contributed by atoms with Gasteiger partial charge in [0, 0.05) is 30.0 Å². The van der Waals surface area contributed by atoms with Crippen LogP contribution >= 0.6 is 0 Å². The first-order valence-corrected chi connectivity index (χ1v) is 12.3. The van der Waals surface area contributed by atoms with Crippen molar-refractivity contribution in [1.29, 1.82) is 0 Å². The number of aromatic nitrogens is 2. The summed E-state index contributed by atoms with van der Waals surface area (Å²) in [6.45, 7) is 2.81. The highest BCUT2D eigenvalue weighted by atomic mass is 32.2. The Balaban J connectivity index is 1.11. The average molecular weight is 475 g/mol. The predicted molar refractivity (Wildman–Crippen MR) is 119 cm³/mol. The topological polar surface area (TPSA) is 121 Å². The number of piperidine rings is 1. The molecule has 5 rings (SSSR count). The zero-order chi connectivity index (χ0) is 23.0. The van der Waals surface area contributed by atoms with E-state index in [0.29, 0.717) is 24.1 Å². The SMILES string of the molecule is O=c1[nH]c2ccc(S(=O)(=O)NCCCN3CCC(c4noc5cc(F)ccc45)CC3)cc2o1. The number of hydrogen-bond acceptors (Lipinski definition) is 7. The smallest absolute Gasteiger partial charge is 0.408 e. The Labute approximate surface area is 188 Å². The molecule has 4 aromatic rings. The van der Waals surface area contributed by atoms with E-state index in [0.717, 1.165) is 43.6 Å². The number of rotatable bonds is 7. The minimum absolute atomic E-state index is 0.0540. The summed E-state index contributed by atoms with van der Waals surface area (Å²) in [5.74, 6) is -0.705. The Morgan fingerprint density at radius 3 is 2.79 bits per heavy atom. The van der Waals surface area contributed by atoms with Gasteiger partial charge in [-0.2, -0.15) is 0 Å². The summed E-state index contributed by atoms with van der Waals surface area (Å²) in [4.78, 5) is 16.1. The van der Waals surface area contributed by atoms with E-state index in [-0.39, 0.29) is 22.2 Å². The summed E-state index contributed by atoms with van der Waals surface area (Å²) < 4.78 is 51.3. The molecule has 174 valence electrons. The molecule has 2 aromatic heterocycles. The monoisotopic (exact) mass is 474 g/mol. The first-order valence-electron chi connectivity index (χ1n) is 10.8. The van der Waals surface area contributed by atoms with E-state index in [1.807, 2.05) is 0 Å². The molecule has 2 N–H and O–H groups in total. The number of H-pyrrole nitrogens is 1. The molecule has 1 fully saturated rings. The van der Waals surface area contributed by atoms with E-state index in [1.165, 1.54) is 30.3 Å². The second-order valence-corrected chi connectivity index (χ2v) is 10.0. The Bertz CT molecular complexity index is 1450. The van der Waals surface area contributed by atoms with Gasteiger partial charge in [-0.1, -0.05) is 5.16 Å². The Morgan fingerprint density at radius 2 is 1.97 bits per heavy atom. The maximum Gasteiger partial charge on any atom is 0.417 e. The standard InChI is InChI=1S/C22H23FN4O5S/c23-15-2-4-17-19(12-15)32-26-21(17)14-6-10-27(11-7-14)9-1-8-24-33(29,30)16-3-5-18-20(13-16)31-22(28)25-18/h2-5,12-14,24H,1,6-11H2,(H,25,28). The number of nitrogens with zero attached hydrogens (tertiary/aromatic N) is 2. The summed E-state index contributed by atoms with van der Waals surface area (Å²) in [6.07, 6.45) is 2.48. The number of halogens is 1. The molecular formula is C22H23FN4O5S. The molecule has 1 saturated heterocycles. The summed E-state index contributed by atoms with van der Waals surface area (Å²) >= 11 is 0. The molecule has 11 heteroatoms. The van der Waals surface area contributed by atoms with Gasteiger partial charge in [0.15, 0.2) is 11.2 Å². The lowest BCUT2D eigenvalue weighted by atomic mass is 9.91. The number of nitrogens with one attached hydrogen (secondary N) is 2. The zero-order valence-electron chi connectivity index (χ0n) is 17.7. The maximum absolute atomic E-state index is 13.4. The Hall–Kier alpha value is -3.02. The quantitative estimate of drug-likeness (QED) is 0.395. The van der Waals surface area contributed by atoms with Gasteiger partial charge in [0.1, 0.15) is 5.82 Å². The van der Waals surface area contributed by atoms with Gasteiger partial charge in [0.2, 0.25) is 10.0 Å². The molecule has 0 atom stereocenters. The zero-order valence-corrected chi connectivity index (χ0v) is 18.5. The highest BCUT2D eigenvalue weighted by Gasteiger charge is 2.25. The minimum Gasteiger partial charge on any atom is -0.408 e. The number of fused-ring (bicyclic) bond motifs is 2. The second kappa shape index (κ2) is 8.73. The van der Waals surface area contributed by atoms with E-state index in [4.69, 9.17) is 8.94 Å². The van der Waals surface area contributed by atoms with Crippen LogP contribution in [0.15, 0.2) is 55.0 Å². The van der Waals surface area contributed by atoms with Gasteiger partial charge in [-0.25, -0.2) is 22.3 Å². The van der Waals surface area contributed by atoms with Crippen LogP contribution in [0.3, 0.4) is 0 Å². The van der Waals surface area contributed by atoms with Gasteiger partial charge >= 0.3 is 5.76 Å². The fourth-order valence-electron chi connectivity index (χ4n) is 4.34. The highest BCUT2D eigenvalue weighted by Crippen LogP contribution is 2.32. The third-order valence-corrected chi connectivity index (χ3v) is 7.54. The van der Waals surface area contributed by atoms with Crippen molar-refractivity contribution in [2.24, 2.45) is 0 Å². The van der Waals surface area contributed by atoms with E-state index >= 15 is 0 Å². The first kappa shape index (κ1) is 21.8. The van der Waals surface area contributed by atoms with Crippen molar-refractivity contribution in [2.75, 3.05) is 26.2 Å². The first-order chi connectivity index (χ1) is 15.9. The van der Waals surface area contributed by atoms with Gasteiger partial charge in [0.05, 0.1) is 16.1 Å². The lowest BCUT2D eigenvalue weighted by Gasteiger charge is -2.31. The third-order valence-electron chi connectivity index (χ3n) is 6.08. The normalized spacial score (nSPS) is 16.2. The number of hydrogen-bond donors (Lipinski definition) is 2. The molecule has 3 heterocycles. The van der Waals surface area contributed by atoms with Crippen LogP contribution in [-0.4, -0.2) is 49.6 Å². The van der Waals surface area contributed by atoms with Crippen LogP contribution in [0.4, 0.5) is 4.39 Å². The molecular weight excluding hydrogens is 451 g/mol. The molecule has 0 amide bonds. The molecule has 0 spiro atoms. The molecule has 0 unspecified atom stereocenters. The van der Waals surface area contributed by atoms with Gasteiger partial charge in [0.25, 0.3) is 0 Å². The fraction of sp³-hybridized carbons (Fsp3) is 0.364. The number of sulfonamides is 1. The van der Waals surface area contributed by atoms with Gasteiger partial charge in [-0.3, -0.25) is 4.98 Å². The lowest BCUT2D eigenvalue weighted by molar-refractivity contribution is 0.208. The minimum atomic E-state index is -3.70. The van der Waals surface area contributed by atoms with E-state index < -0.39 is 15.8 Å². The van der Waals surface area contributed by atoms with Crippen molar-refractivity contribution < 1.29 is 21.7 Å². The summed E-state index contributed by atoms with van der Waals surface area (Å²) in [5, 5.41) is 5.04. The van der Waals surface area contributed by atoms with Crippen LogP contribution in [0, 0.1) is 5.82 Å². The molecule has 0 saturated carbocycles. The lowest BCUT2D eigenvalue weighted by Crippen LogP contribution is -2.35. The van der Waals surface area contributed by atoms with Crippen molar-refractivity contribution in [2.45, 2.75) is 30.1 Å². The van der Waals surface area contributed by atoms with Gasteiger partial charge in [-0.15, -0.1) is 0 Å². The van der Waals surface area contributed by atoms with Crippen LogP contribution in [0.5, 0.6) is 0 Å². The Kier molecular flexibility index (Phi) is 5.77. The summed E-state index contributed by atoms with van der Waals surface area (Å²) in [6, 6.07) is 8.77. The van der Waals surface area contributed by atoms with Crippen LogP contribution in [0.2, 0.25) is 0 Å². The van der Waals surface area contributed by atoms with Crippen LogP contribution in [0.25, 0.3) is 22.1 Å². The van der Waals surface area contributed by atoms with E-state index in [1.54, 1.807) is 6.07 Å². The number of aromatic amines is 1. The van der Waals surface area contributed by atoms with Crippen molar-refractivity contribution >= 4 is 32.1 Å². The molecule has 0 radical (unpaired) electrons. The van der Waals surface area contributed by atoms with Crippen molar-refractivity contribution in [3.8, 4) is 0 Å². The maximum atomic E-state index is 13.4. The number of likely N-dealkylation sites (tertiary alicyclic amines) is 1. The van der Waals surface area contributed by atoms with E-state index in [9.17, 15) is 17.6 Å². The Morgan fingerprint density at radius 1 is 1.15 bits per heavy atom. The molecule has 1 aliphatic heterocycles. The molecule has 2 aromatic carbocycles. The second-order valence-electron chi connectivity index (χ2n) is 8.25. The molecule has 1 aliphatic rings. The van der Waals surface area contributed by atoms with Crippen LogP contribution < -0.4 is 10.5 Å². The predicted octanol–water partition coefficient (Wildman–Crippen LogP) is 2.95. The number of benzene rings is 2. The highest BCUT2D eigenvalue weighted by molar-refractivity contribution is 7.89. The molecule has 0 bridgehead atoms.